The van der Waals surface area contributed by atoms with Crippen molar-refractivity contribution in [3.8, 4) is 0 Å². The summed E-state index contributed by atoms with van der Waals surface area (Å²) in [5.41, 5.74) is 0.597. The lowest BCUT2D eigenvalue weighted by atomic mass is 10.1. The van der Waals surface area contributed by atoms with Crippen molar-refractivity contribution in [2.24, 2.45) is 0 Å². The average Bonchev–Trinajstić information content (AvgIpc) is 2.85. The van der Waals surface area contributed by atoms with E-state index in [1.54, 1.807) is 5.48 Å². The SMILES string of the molecule is O=c1nc(NO)ccn1C1OC(COP(=O)(O)OP(=O)(O)OP(=O)(O)O)C(O)C1O. The number of nitrogens with zero attached hydrogens (tertiary/aromatic N) is 2. The van der Waals surface area contributed by atoms with E-state index in [4.69, 9.17) is 24.6 Å². The van der Waals surface area contributed by atoms with Gasteiger partial charge in [-0.25, -0.2) is 18.5 Å². The number of hydrogen-bond acceptors (Lipinski definition) is 13. The third-order valence-electron chi connectivity index (χ3n) is 3.37. The van der Waals surface area contributed by atoms with Crippen molar-refractivity contribution in [3.63, 3.8) is 0 Å². The van der Waals surface area contributed by atoms with Gasteiger partial charge in [0.1, 0.15) is 18.3 Å². The molecule has 0 saturated carbocycles. The van der Waals surface area contributed by atoms with E-state index in [1.807, 2.05) is 0 Å². The van der Waals surface area contributed by atoms with Gasteiger partial charge in [0, 0.05) is 6.20 Å². The molecule has 30 heavy (non-hydrogen) atoms. The quantitative estimate of drug-likeness (QED) is 0.135. The zero-order chi connectivity index (χ0) is 22.9. The number of hydrogen-bond donors (Lipinski definition) is 8. The van der Waals surface area contributed by atoms with Crippen LogP contribution in [0.2, 0.25) is 0 Å². The predicted octanol–water partition coefficient (Wildman–Crippen LogP) is -1.99. The van der Waals surface area contributed by atoms with Gasteiger partial charge in [0.15, 0.2) is 12.0 Å². The van der Waals surface area contributed by atoms with Crippen LogP contribution in [0.25, 0.3) is 0 Å². The topological polar surface area (TPSA) is 277 Å². The predicted molar refractivity (Wildman–Crippen MR) is 89.6 cm³/mol. The van der Waals surface area contributed by atoms with Gasteiger partial charge < -0.3 is 34.5 Å². The maximum Gasteiger partial charge on any atom is 0.490 e. The van der Waals surface area contributed by atoms with Gasteiger partial charge in [0.25, 0.3) is 0 Å². The Morgan fingerprint density at radius 2 is 1.73 bits per heavy atom. The fraction of sp³-hybridized carbons (Fsp3) is 0.556. The van der Waals surface area contributed by atoms with Crippen molar-refractivity contribution >= 4 is 29.3 Å². The summed E-state index contributed by atoms with van der Waals surface area (Å²) >= 11 is 0. The number of aliphatic hydroxyl groups excluding tert-OH is 2. The minimum Gasteiger partial charge on any atom is -0.387 e. The lowest BCUT2D eigenvalue weighted by Gasteiger charge is -2.19. The monoisotopic (exact) mass is 499 g/mol. The third kappa shape index (κ3) is 6.71. The van der Waals surface area contributed by atoms with Crippen LogP contribution in [0.3, 0.4) is 0 Å². The van der Waals surface area contributed by atoms with Gasteiger partial charge in [-0.2, -0.15) is 13.6 Å². The molecule has 6 unspecified atom stereocenters. The molecule has 1 aliphatic rings. The maximum atomic E-state index is 11.9. The summed E-state index contributed by atoms with van der Waals surface area (Å²) < 4.78 is 50.7. The number of rotatable bonds is 9. The lowest BCUT2D eigenvalue weighted by molar-refractivity contribution is -0.0541. The zero-order valence-corrected chi connectivity index (χ0v) is 17.0. The highest BCUT2D eigenvalue weighted by atomic mass is 31.3. The normalized spacial score (nSPS) is 28.6. The molecule has 1 fully saturated rings. The van der Waals surface area contributed by atoms with Crippen molar-refractivity contribution in [2.45, 2.75) is 24.5 Å². The molecule has 6 atom stereocenters. The summed E-state index contributed by atoms with van der Waals surface area (Å²) in [4.78, 5) is 50.6. The summed E-state index contributed by atoms with van der Waals surface area (Å²) in [6.45, 7) is -1.04. The summed E-state index contributed by atoms with van der Waals surface area (Å²) in [5.74, 6) is -0.228. The van der Waals surface area contributed by atoms with E-state index in [1.165, 1.54) is 0 Å². The Hall–Kier alpha value is -1.07. The molecule has 1 saturated heterocycles. The van der Waals surface area contributed by atoms with Crippen LogP contribution in [-0.4, -0.2) is 69.5 Å². The van der Waals surface area contributed by atoms with Crippen molar-refractivity contribution < 1.29 is 66.6 Å². The fourth-order valence-electron chi connectivity index (χ4n) is 2.24. The molecule has 2 heterocycles. The smallest absolute Gasteiger partial charge is 0.387 e. The first-order chi connectivity index (χ1) is 13.6. The number of aromatic nitrogens is 2. The van der Waals surface area contributed by atoms with Crippen LogP contribution in [0, 0.1) is 0 Å². The minimum absolute atomic E-state index is 0.228. The molecule has 8 N–H and O–H groups in total. The molecule has 1 aliphatic heterocycles. The van der Waals surface area contributed by atoms with Crippen LogP contribution in [0.1, 0.15) is 6.23 Å². The molecule has 1 aromatic rings. The third-order valence-corrected chi connectivity index (χ3v) is 7.18. The van der Waals surface area contributed by atoms with Crippen molar-refractivity contribution in [2.75, 3.05) is 12.1 Å². The zero-order valence-electron chi connectivity index (χ0n) is 14.3. The van der Waals surface area contributed by atoms with Crippen LogP contribution in [0.5, 0.6) is 0 Å². The van der Waals surface area contributed by atoms with E-state index >= 15 is 0 Å². The second kappa shape index (κ2) is 9.20. The molecule has 0 radical (unpaired) electrons. The Morgan fingerprint density at radius 1 is 1.10 bits per heavy atom. The number of nitrogens with one attached hydrogen (secondary N) is 1. The maximum absolute atomic E-state index is 11.9. The van der Waals surface area contributed by atoms with E-state index in [0.29, 0.717) is 0 Å². The van der Waals surface area contributed by atoms with Crippen LogP contribution >= 0.6 is 23.5 Å². The van der Waals surface area contributed by atoms with Gasteiger partial charge in [-0.3, -0.25) is 19.8 Å². The second-order valence-electron chi connectivity index (χ2n) is 5.55. The highest BCUT2D eigenvalue weighted by Gasteiger charge is 2.46. The van der Waals surface area contributed by atoms with E-state index < -0.39 is 60.3 Å². The molecular formula is C9H16N3O15P3. The van der Waals surface area contributed by atoms with Crippen molar-refractivity contribution in [1.82, 2.24) is 9.55 Å². The number of anilines is 1. The summed E-state index contributed by atoms with van der Waals surface area (Å²) in [6, 6.07) is 1.11. The fourth-order valence-corrected chi connectivity index (χ4v) is 5.27. The molecule has 172 valence electrons. The van der Waals surface area contributed by atoms with E-state index in [-0.39, 0.29) is 5.82 Å². The van der Waals surface area contributed by atoms with Crippen molar-refractivity contribution in [3.05, 3.63) is 22.7 Å². The van der Waals surface area contributed by atoms with Gasteiger partial charge in [-0.1, -0.05) is 0 Å². The summed E-state index contributed by atoms with van der Waals surface area (Å²) in [5, 5.41) is 28.7. The first-order valence-corrected chi connectivity index (χ1v) is 12.0. The van der Waals surface area contributed by atoms with Gasteiger partial charge >= 0.3 is 29.2 Å². The molecule has 0 aromatic carbocycles. The minimum atomic E-state index is -5.73. The largest absolute Gasteiger partial charge is 0.490 e. The van der Waals surface area contributed by atoms with Gasteiger partial charge in [0.2, 0.25) is 0 Å². The molecule has 0 bridgehead atoms. The number of ether oxygens (including phenoxy) is 1. The number of aliphatic hydroxyl groups is 2. The van der Waals surface area contributed by atoms with Gasteiger partial charge in [-0.15, -0.1) is 0 Å². The van der Waals surface area contributed by atoms with Crippen LogP contribution in [0.15, 0.2) is 17.1 Å². The van der Waals surface area contributed by atoms with Gasteiger partial charge in [-0.05, 0) is 6.07 Å². The van der Waals surface area contributed by atoms with Gasteiger partial charge in [0.05, 0.1) is 6.61 Å². The molecule has 0 spiro atoms. The average molecular weight is 499 g/mol. The Balaban J connectivity index is 2.06. The first-order valence-electron chi connectivity index (χ1n) is 7.43. The Bertz CT molecular complexity index is 962. The second-order valence-corrected chi connectivity index (χ2v) is 9.97. The van der Waals surface area contributed by atoms with Crippen molar-refractivity contribution in [1.29, 1.82) is 0 Å². The Labute approximate surface area is 165 Å². The van der Waals surface area contributed by atoms with E-state index in [0.717, 1.165) is 16.8 Å². The van der Waals surface area contributed by atoms with Crippen LogP contribution in [0.4, 0.5) is 5.82 Å². The van der Waals surface area contributed by atoms with E-state index in [9.17, 15) is 33.6 Å². The summed E-state index contributed by atoms with van der Waals surface area (Å²) in [7, 11) is -16.8. The standard InChI is InChI=1S/C9H16N3O15P3/c13-6-4(3-24-29(20,21)27-30(22,23)26-28(17,18)19)25-8(7(6)14)12-2-1-5(11-16)10-9(12)15/h1-2,4,6-8,13-14,16H,3H2,(H,20,21)(H,22,23)(H,10,11,15)(H2,17,18,19). The van der Waals surface area contributed by atoms with E-state index in [2.05, 4.69) is 18.1 Å². The molecule has 18 nitrogen and oxygen atoms in total. The molecule has 1 aromatic heterocycles. The number of phosphoric acid groups is 3. The molecule has 2 rings (SSSR count). The molecule has 0 aliphatic carbocycles. The summed E-state index contributed by atoms with van der Waals surface area (Å²) in [6.07, 6.45) is -5.62. The molecule has 0 amide bonds. The lowest BCUT2D eigenvalue weighted by Crippen LogP contribution is -2.36. The van der Waals surface area contributed by atoms with Crippen LogP contribution < -0.4 is 11.2 Å². The Kier molecular flexibility index (Phi) is 7.72. The highest BCUT2D eigenvalue weighted by Crippen LogP contribution is 2.66. The Morgan fingerprint density at radius 3 is 2.27 bits per heavy atom. The first kappa shape index (κ1) is 25.2. The molecular weight excluding hydrogens is 483 g/mol. The molecule has 21 heteroatoms. The van der Waals surface area contributed by atoms with Crippen LogP contribution in [-0.2, 0) is 31.6 Å². The highest BCUT2D eigenvalue weighted by molar-refractivity contribution is 7.66. The number of phosphoric ester groups is 1.